The average molecular weight is 410 g/mol. The number of rotatable bonds is 5. The van der Waals surface area contributed by atoms with Crippen molar-refractivity contribution in [3.8, 4) is 5.69 Å². The summed E-state index contributed by atoms with van der Waals surface area (Å²) >= 11 is 0. The van der Waals surface area contributed by atoms with Crippen molar-refractivity contribution in [1.82, 2.24) is 9.99 Å². The molecular weight excluding hydrogens is 382 g/mol. The lowest BCUT2D eigenvalue weighted by molar-refractivity contribution is -0.120. The Morgan fingerprint density at radius 1 is 0.935 bits per heavy atom. The Balaban J connectivity index is 1.53. The van der Waals surface area contributed by atoms with Crippen LogP contribution in [-0.4, -0.2) is 16.7 Å². The average Bonchev–Trinajstić information content (AvgIpc) is 3.03. The van der Waals surface area contributed by atoms with E-state index in [9.17, 15) is 4.79 Å². The molecule has 4 aromatic rings. The van der Waals surface area contributed by atoms with Gasteiger partial charge in [0.25, 0.3) is 0 Å². The third-order valence-electron chi connectivity index (χ3n) is 5.81. The van der Waals surface area contributed by atoms with Crippen LogP contribution < -0.4 is 5.43 Å². The Hall–Kier alpha value is -3.66. The van der Waals surface area contributed by atoms with E-state index < -0.39 is 0 Å². The van der Waals surface area contributed by atoms with Crippen molar-refractivity contribution in [2.45, 2.75) is 34.1 Å². The lowest BCUT2D eigenvalue weighted by Crippen LogP contribution is -2.19. The minimum Gasteiger partial charge on any atom is -0.317 e. The second-order valence-electron chi connectivity index (χ2n) is 8.05. The largest absolute Gasteiger partial charge is 0.317 e. The first-order chi connectivity index (χ1) is 14.9. The van der Waals surface area contributed by atoms with Crippen molar-refractivity contribution in [2.24, 2.45) is 5.10 Å². The van der Waals surface area contributed by atoms with E-state index in [0.29, 0.717) is 6.42 Å². The molecule has 3 aromatic carbocycles. The summed E-state index contributed by atoms with van der Waals surface area (Å²) in [5.74, 6) is -0.123. The Morgan fingerprint density at radius 3 is 2.52 bits per heavy atom. The zero-order valence-electron chi connectivity index (χ0n) is 18.4. The van der Waals surface area contributed by atoms with E-state index in [2.05, 4.69) is 97.4 Å². The van der Waals surface area contributed by atoms with Crippen LogP contribution in [0.1, 0.15) is 33.6 Å². The molecular formula is C27H27N3O. The van der Waals surface area contributed by atoms with E-state index in [1.807, 2.05) is 12.1 Å². The summed E-state index contributed by atoms with van der Waals surface area (Å²) in [7, 11) is 0. The minimum atomic E-state index is -0.123. The highest BCUT2D eigenvalue weighted by Crippen LogP contribution is 2.26. The van der Waals surface area contributed by atoms with Crippen LogP contribution in [0.3, 0.4) is 0 Å². The zero-order chi connectivity index (χ0) is 22.0. The molecule has 4 heteroatoms. The SMILES string of the molecule is Cc1ccc(CC(=O)N/N=C\c2cc(C)n(-c3cccc4ccccc34)c2C)cc1C. The number of fused-ring (bicyclic) bond motifs is 1. The molecule has 1 heterocycles. The summed E-state index contributed by atoms with van der Waals surface area (Å²) in [5, 5.41) is 6.63. The summed E-state index contributed by atoms with van der Waals surface area (Å²) in [6.45, 7) is 8.29. The number of carbonyl (C=O) groups excluding carboxylic acids is 1. The number of aromatic nitrogens is 1. The topological polar surface area (TPSA) is 46.4 Å². The second kappa shape index (κ2) is 8.60. The smallest absolute Gasteiger partial charge is 0.244 e. The highest BCUT2D eigenvalue weighted by molar-refractivity contribution is 5.91. The van der Waals surface area contributed by atoms with Crippen molar-refractivity contribution < 1.29 is 4.79 Å². The van der Waals surface area contributed by atoms with E-state index in [0.717, 1.165) is 28.2 Å². The third kappa shape index (κ3) is 4.29. The monoisotopic (exact) mass is 409 g/mol. The van der Waals surface area contributed by atoms with Crippen LogP contribution in [0.4, 0.5) is 0 Å². The fraction of sp³-hybridized carbons (Fsp3) is 0.185. The Morgan fingerprint density at radius 2 is 1.71 bits per heavy atom. The number of hydrogen-bond acceptors (Lipinski definition) is 2. The number of carbonyl (C=O) groups is 1. The molecule has 0 saturated heterocycles. The highest BCUT2D eigenvalue weighted by Gasteiger charge is 2.12. The maximum absolute atomic E-state index is 12.3. The summed E-state index contributed by atoms with van der Waals surface area (Å²) in [6.07, 6.45) is 2.04. The van der Waals surface area contributed by atoms with Gasteiger partial charge in [-0.2, -0.15) is 5.10 Å². The molecule has 1 aromatic heterocycles. The van der Waals surface area contributed by atoms with E-state index in [-0.39, 0.29) is 5.91 Å². The van der Waals surface area contributed by atoms with E-state index in [1.165, 1.54) is 21.9 Å². The maximum atomic E-state index is 12.3. The lowest BCUT2D eigenvalue weighted by Gasteiger charge is -2.13. The summed E-state index contributed by atoms with van der Waals surface area (Å²) in [5.41, 5.74) is 10.4. The Bertz CT molecular complexity index is 1290. The van der Waals surface area contributed by atoms with Crippen LogP contribution in [0.15, 0.2) is 71.8 Å². The van der Waals surface area contributed by atoms with E-state index in [1.54, 1.807) is 6.21 Å². The molecule has 0 saturated carbocycles. The molecule has 0 spiro atoms. The van der Waals surface area contributed by atoms with Crippen LogP contribution in [0, 0.1) is 27.7 Å². The fourth-order valence-electron chi connectivity index (χ4n) is 4.00. The number of benzene rings is 3. The number of aryl methyl sites for hydroxylation is 3. The van der Waals surface area contributed by atoms with Gasteiger partial charge in [0.15, 0.2) is 0 Å². The van der Waals surface area contributed by atoms with E-state index >= 15 is 0 Å². The quantitative estimate of drug-likeness (QED) is 0.341. The standard InChI is InChI=1S/C27H27N3O/c1-18-12-13-22(14-19(18)2)16-27(31)29-28-17-24-15-20(3)30(21(24)4)26-11-7-9-23-8-5-6-10-25(23)26/h5-15,17H,16H2,1-4H3,(H,29,31)/b28-17-. The summed E-state index contributed by atoms with van der Waals surface area (Å²) in [6, 6.07) is 22.9. The highest BCUT2D eigenvalue weighted by atomic mass is 16.2. The van der Waals surface area contributed by atoms with Gasteiger partial charge in [0, 0.05) is 22.3 Å². The summed E-state index contributed by atoms with van der Waals surface area (Å²) in [4.78, 5) is 12.3. The van der Waals surface area contributed by atoms with Gasteiger partial charge in [-0.05, 0) is 61.9 Å². The number of amides is 1. The summed E-state index contributed by atoms with van der Waals surface area (Å²) < 4.78 is 2.24. The van der Waals surface area contributed by atoms with Crippen LogP contribution in [0.25, 0.3) is 16.5 Å². The van der Waals surface area contributed by atoms with E-state index in [4.69, 9.17) is 0 Å². The van der Waals surface area contributed by atoms with Crippen molar-refractivity contribution in [2.75, 3.05) is 0 Å². The van der Waals surface area contributed by atoms with Gasteiger partial charge in [0.05, 0.1) is 18.3 Å². The van der Waals surface area contributed by atoms with Gasteiger partial charge >= 0.3 is 0 Å². The first kappa shape index (κ1) is 20.6. The molecule has 0 aliphatic heterocycles. The Kier molecular flexibility index (Phi) is 5.72. The molecule has 1 amide bonds. The maximum Gasteiger partial charge on any atom is 0.244 e. The van der Waals surface area contributed by atoms with Gasteiger partial charge in [-0.15, -0.1) is 0 Å². The molecule has 0 unspecified atom stereocenters. The van der Waals surface area contributed by atoms with Gasteiger partial charge in [-0.25, -0.2) is 5.43 Å². The molecule has 0 atom stereocenters. The normalized spacial score (nSPS) is 11.4. The molecule has 0 fully saturated rings. The molecule has 0 bridgehead atoms. The first-order valence-corrected chi connectivity index (χ1v) is 10.5. The second-order valence-corrected chi connectivity index (χ2v) is 8.05. The van der Waals surface area contributed by atoms with Crippen LogP contribution in [0.5, 0.6) is 0 Å². The number of nitrogens with zero attached hydrogens (tertiary/aromatic N) is 2. The molecule has 0 radical (unpaired) electrons. The van der Waals surface area contributed by atoms with Crippen LogP contribution in [-0.2, 0) is 11.2 Å². The van der Waals surface area contributed by atoms with Gasteiger partial charge < -0.3 is 4.57 Å². The molecule has 31 heavy (non-hydrogen) atoms. The molecule has 0 aliphatic rings. The zero-order valence-corrected chi connectivity index (χ0v) is 18.4. The molecule has 4 rings (SSSR count). The van der Waals surface area contributed by atoms with Crippen LogP contribution >= 0.6 is 0 Å². The van der Waals surface area contributed by atoms with Gasteiger partial charge in [-0.1, -0.05) is 54.6 Å². The van der Waals surface area contributed by atoms with Crippen molar-refractivity contribution in [3.63, 3.8) is 0 Å². The predicted octanol–water partition coefficient (Wildman–Crippen LogP) is 5.56. The molecule has 4 nitrogen and oxygen atoms in total. The van der Waals surface area contributed by atoms with Crippen molar-refractivity contribution >= 4 is 22.9 Å². The lowest BCUT2D eigenvalue weighted by atomic mass is 10.0. The molecule has 1 N–H and O–H groups in total. The van der Waals surface area contributed by atoms with Gasteiger partial charge in [-0.3, -0.25) is 4.79 Å². The first-order valence-electron chi connectivity index (χ1n) is 10.5. The predicted molar refractivity (Wildman–Crippen MR) is 128 cm³/mol. The minimum absolute atomic E-state index is 0.123. The van der Waals surface area contributed by atoms with Crippen LogP contribution in [0.2, 0.25) is 0 Å². The van der Waals surface area contributed by atoms with Crippen molar-refractivity contribution in [1.29, 1.82) is 0 Å². The fourth-order valence-corrected chi connectivity index (χ4v) is 4.00. The Labute approximate surface area is 183 Å². The molecule has 156 valence electrons. The van der Waals surface area contributed by atoms with Gasteiger partial charge in [0.2, 0.25) is 5.91 Å². The third-order valence-corrected chi connectivity index (χ3v) is 5.81. The number of hydrazone groups is 1. The number of nitrogens with one attached hydrogen (secondary N) is 1. The van der Waals surface area contributed by atoms with Gasteiger partial charge in [0.1, 0.15) is 0 Å². The van der Waals surface area contributed by atoms with Crippen molar-refractivity contribution in [3.05, 3.63) is 100 Å². The number of hydrogen-bond donors (Lipinski definition) is 1. The molecule has 0 aliphatic carbocycles.